The molecule has 0 unspecified atom stereocenters. The Labute approximate surface area is 116 Å². The van der Waals surface area contributed by atoms with Crippen LogP contribution in [0.25, 0.3) is 10.6 Å². The number of aromatic nitrogens is 1. The molecule has 102 valence electrons. The fourth-order valence-electron chi connectivity index (χ4n) is 1.63. The number of nitrogens with zero attached hydrogens (tertiary/aromatic N) is 1. The van der Waals surface area contributed by atoms with E-state index in [9.17, 15) is 4.39 Å². The van der Waals surface area contributed by atoms with Crippen LogP contribution >= 0.6 is 11.3 Å². The molecule has 3 nitrogen and oxygen atoms in total. The molecule has 0 amide bonds. The van der Waals surface area contributed by atoms with Gasteiger partial charge in [0.15, 0.2) is 11.6 Å². The number of hydrogen-bond acceptors (Lipinski definition) is 4. The van der Waals surface area contributed by atoms with E-state index in [1.807, 2.05) is 12.3 Å². The third-order valence-electron chi connectivity index (χ3n) is 2.64. The molecule has 5 heteroatoms. The van der Waals surface area contributed by atoms with Crippen LogP contribution in [0.2, 0.25) is 0 Å². The number of benzene rings is 1. The van der Waals surface area contributed by atoms with Crippen molar-refractivity contribution in [1.82, 2.24) is 10.3 Å². The summed E-state index contributed by atoms with van der Waals surface area (Å²) in [5.74, 6) is -0.112. The van der Waals surface area contributed by atoms with Crippen LogP contribution in [-0.2, 0) is 6.54 Å². The van der Waals surface area contributed by atoms with Crippen LogP contribution in [0.4, 0.5) is 4.39 Å². The normalized spacial score (nSPS) is 11.0. The zero-order chi connectivity index (χ0) is 13.8. The molecule has 0 saturated carbocycles. The minimum absolute atomic E-state index is 0.252. The van der Waals surface area contributed by atoms with E-state index in [2.05, 4.69) is 24.1 Å². The van der Waals surface area contributed by atoms with Crippen LogP contribution in [0.5, 0.6) is 5.75 Å². The Morgan fingerprint density at radius 2 is 2.21 bits per heavy atom. The highest BCUT2D eigenvalue weighted by Gasteiger charge is 2.09. The molecule has 0 spiro atoms. The molecule has 0 fully saturated rings. The van der Waals surface area contributed by atoms with Crippen molar-refractivity contribution >= 4 is 11.3 Å². The Hall–Kier alpha value is -1.46. The molecule has 0 saturated heterocycles. The third-order valence-corrected chi connectivity index (χ3v) is 3.68. The van der Waals surface area contributed by atoms with Gasteiger partial charge < -0.3 is 10.1 Å². The van der Waals surface area contributed by atoms with Crippen LogP contribution in [0.3, 0.4) is 0 Å². The van der Waals surface area contributed by atoms with Gasteiger partial charge in [-0.05, 0) is 18.2 Å². The van der Waals surface area contributed by atoms with Crippen molar-refractivity contribution in [2.45, 2.75) is 26.4 Å². The average Bonchev–Trinajstić information content (AvgIpc) is 2.85. The molecule has 0 bridgehead atoms. The van der Waals surface area contributed by atoms with Gasteiger partial charge in [0.25, 0.3) is 0 Å². The second-order valence-electron chi connectivity index (χ2n) is 4.52. The number of thiazole rings is 1. The summed E-state index contributed by atoms with van der Waals surface area (Å²) in [7, 11) is 1.46. The van der Waals surface area contributed by atoms with Crippen molar-refractivity contribution in [1.29, 1.82) is 0 Å². The molecule has 0 atom stereocenters. The van der Waals surface area contributed by atoms with Crippen molar-refractivity contribution < 1.29 is 9.13 Å². The lowest BCUT2D eigenvalue weighted by atomic mass is 10.2. The van der Waals surface area contributed by atoms with E-state index in [1.165, 1.54) is 13.2 Å². The standard InChI is InChI=1S/C14H17FN2OS/c1-9(2)16-7-11-8-17-14(19-11)10-4-5-13(18-3)12(15)6-10/h4-6,8-9,16H,7H2,1-3H3. The van der Waals surface area contributed by atoms with Crippen molar-refractivity contribution in [2.24, 2.45) is 0 Å². The number of halogens is 1. The zero-order valence-electron chi connectivity index (χ0n) is 11.2. The van der Waals surface area contributed by atoms with Gasteiger partial charge in [-0.1, -0.05) is 13.8 Å². The number of nitrogens with one attached hydrogen (secondary N) is 1. The summed E-state index contributed by atoms with van der Waals surface area (Å²) in [6, 6.07) is 5.33. The van der Waals surface area contributed by atoms with Gasteiger partial charge in [0, 0.05) is 29.2 Å². The first kappa shape index (κ1) is 14.0. The smallest absolute Gasteiger partial charge is 0.165 e. The lowest BCUT2D eigenvalue weighted by Crippen LogP contribution is -2.21. The number of ether oxygens (including phenoxy) is 1. The maximum Gasteiger partial charge on any atom is 0.165 e. The van der Waals surface area contributed by atoms with E-state index < -0.39 is 0 Å². The summed E-state index contributed by atoms with van der Waals surface area (Å²) < 4.78 is 18.5. The van der Waals surface area contributed by atoms with Crippen LogP contribution < -0.4 is 10.1 Å². The second kappa shape index (κ2) is 6.12. The van der Waals surface area contributed by atoms with Crippen LogP contribution in [0, 0.1) is 5.82 Å². The van der Waals surface area contributed by atoms with Gasteiger partial charge in [-0.3, -0.25) is 0 Å². The monoisotopic (exact) mass is 280 g/mol. The van der Waals surface area contributed by atoms with E-state index in [4.69, 9.17) is 4.74 Å². The van der Waals surface area contributed by atoms with Crippen molar-refractivity contribution in [3.63, 3.8) is 0 Å². The molecule has 0 aliphatic heterocycles. The summed E-state index contributed by atoms with van der Waals surface area (Å²) in [6.45, 7) is 4.98. The van der Waals surface area contributed by atoms with Gasteiger partial charge in [-0.15, -0.1) is 11.3 Å². The molecule has 2 rings (SSSR count). The minimum Gasteiger partial charge on any atom is -0.494 e. The number of methoxy groups -OCH3 is 1. The maximum absolute atomic E-state index is 13.6. The van der Waals surface area contributed by atoms with Crippen LogP contribution in [0.15, 0.2) is 24.4 Å². The van der Waals surface area contributed by atoms with E-state index >= 15 is 0 Å². The minimum atomic E-state index is -0.364. The molecule has 1 aromatic heterocycles. The predicted molar refractivity (Wildman–Crippen MR) is 76.0 cm³/mol. The topological polar surface area (TPSA) is 34.1 Å². The summed E-state index contributed by atoms with van der Waals surface area (Å²) in [4.78, 5) is 5.47. The SMILES string of the molecule is COc1ccc(-c2ncc(CNC(C)C)s2)cc1F. The van der Waals surface area contributed by atoms with Crippen LogP contribution in [0.1, 0.15) is 18.7 Å². The molecule has 19 heavy (non-hydrogen) atoms. The number of hydrogen-bond donors (Lipinski definition) is 1. The zero-order valence-corrected chi connectivity index (χ0v) is 12.1. The van der Waals surface area contributed by atoms with Gasteiger partial charge in [0.2, 0.25) is 0 Å². The van der Waals surface area contributed by atoms with Gasteiger partial charge in [-0.25, -0.2) is 9.37 Å². The molecule has 2 aromatic rings. The lowest BCUT2D eigenvalue weighted by molar-refractivity contribution is 0.386. The third kappa shape index (κ3) is 3.52. The molecule has 0 aliphatic carbocycles. The van der Waals surface area contributed by atoms with E-state index in [1.54, 1.807) is 17.4 Å². The first-order valence-electron chi connectivity index (χ1n) is 6.12. The summed E-state index contributed by atoms with van der Waals surface area (Å²) in [6.07, 6.45) is 1.83. The fourth-order valence-corrected chi connectivity index (χ4v) is 2.49. The molecular weight excluding hydrogens is 263 g/mol. The van der Waals surface area contributed by atoms with Crippen molar-refractivity contribution in [3.8, 4) is 16.3 Å². The van der Waals surface area contributed by atoms with Gasteiger partial charge in [0.05, 0.1) is 7.11 Å². The number of rotatable bonds is 5. The largest absolute Gasteiger partial charge is 0.494 e. The summed E-state index contributed by atoms with van der Waals surface area (Å²) in [5, 5.41) is 4.15. The maximum atomic E-state index is 13.6. The van der Waals surface area contributed by atoms with E-state index in [-0.39, 0.29) is 11.6 Å². The summed E-state index contributed by atoms with van der Waals surface area (Å²) >= 11 is 1.57. The van der Waals surface area contributed by atoms with E-state index in [0.29, 0.717) is 6.04 Å². The molecule has 1 N–H and O–H groups in total. The Morgan fingerprint density at radius 1 is 1.42 bits per heavy atom. The highest BCUT2D eigenvalue weighted by molar-refractivity contribution is 7.15. The predicted octanol–water partition coefficient (Wildman–Crippen LogP) is 3.46. The van der Waals surface area contributed by atoms with Gasteiger partial charge in [0.1, 0.15) is 5.01 Å². The molecule has 0 aliphatic rings. The van der Waals surface area contributed by atoms with Crippen molar-refractivity contribution in [3.05, 3.63) is 35.1 Å². The Morgan fingerprint density at radius 3 is 2.84 bits per heavy atom. The quantitative estimate of drug-likeness (QED) is 0.910. The first-order chi connectivity index (χ1) is 9.10. The van der Waals surface area contributed by atoms with E-state index in [0.717, 1.165) is 22.0 Å². The highest BCUT2D eigenvalue weighted by atomic mass is 32.1. The Balaban J connectivity index is 2.16. The Bertz CT molecular complexity index is 554. The fraction of sp³-hybridized carbons (Fsp3) is 0.357. The first-order valence-corrected chi connectivity index (χ1v) is 6.94. The Kier molecular flexibility index (Phi) is 4.50. The molecule has 0 radical (unpaired) electrons. The lowest BCUT2D eigenvalue weighted by Gasteiger charge is -2.05. The molecular formula is C14H17FN2OS. The second-order valence-corrected chi connectivity index (χ2v) is 5.63. The van der Waals surface area contributed by atoms with Gasteiger partial charge >= 0.3 is 0 Å². The van der Waals surface area contributed by atoms with Crippen molar-refractivity contribution in [2.75, 3.05) is 7.11 Å². The van der Waals surface area contributed by atoms with Gasteiger partial charge in [-0.2, -0.15) is 0 Å². The average molecular weight is 280 g/mol. The van der Waals surface area contributed by atoms with Crippen LogP contribution in [-0.4, -0.2) is 18.1 Å². The summed E-state index contributed by atoms with van der Waals surface area (Å²) in [5.41, 5.74) is 0.777. The molecule has 1 heterocycles. The molecule has 1 aromatic carbocycles. The highest BCUT2D eigenvalue weighted by Crippen LogP contribution is 2.28.